The summed E-state index contributed by atoms with van der Waals surface area (Å²) >= 11 is 0. The molecule has 31 heavy (non-hydrogen) atoms. The summed E-state index contributed by atoms with van der Waals surface area (Å²) < 4.78 is 42.6. The van der Waals surface area contributed by atoms with Gasteiger partial charge in [-0.05, 0) is 30.7 Å². The summed E-state index contributed by atoms with van der Waals surface area (Å²) in [6.45, 7) is 2.06. The maximum absolute atomic E-state index is 13.5. The predicted octanol–water partition coefficient (Wildman–Crippen LogP) is 2.74. The van der Waals surface area contributed by atoms with Crippen molar-refractivity contribution in [3.63, 3.8) is 0 Å². The van der Waals surface area contributed by atoms with Gasteiger partial charge in [0.15, 0.2) is 11.6 Å². The number of nitrogens with two attached hydrogens (primary N) is 1. The second-order valence-electron chi connectivity index (χ2n) is 6.83. The van der Waals surface area contributed by atoms with Crippen LogP contribution < -0.4 is 15.2 Å². The molecule has 0 aliphatic rings. The first-order chi connectivity index (χ1) is 14.8. The molecule has 2 heterocycles. The first kappa shape index (κ1) is 20.7. The number of nitrogens with zero attached hydrogens (tertiary/aromatic N) is 3. The summed E-state index contributed by atoms with van der Waals surface area (Å²) in [5.74, 6) is 0.404. The van der Waals surface area contributed by atoms with Crippen molar-refractivity contribution in [1.29, 1.82) is 0 Å². The molecule has 4 rings (SSSR count). The van der Waals surface area contributed by atoms with E-state index in [1.54, 1.807) is 31.2 Å². The molecule has 4 N–H and O–H groups in total. The number of ether oxygens (including phenoxy) is 1. The molecule has 11 heteroatoms. The quantitative estimate of drug-likeness (QED) is 0.418. The van der Waals surface area contributed by atoms with Gasteiger partial charge in [-0.2, -0.15) is 0 Å². The smallest absolute Gasteiger partial charge is 0.276 e. The zero-order chi connectivity index (χ0) is 22.2. The van der Waals surface area contributed by atoms with Crippen LogP contribution in [0.2, 0.25) is 0 Å². The predicted molar refractivity (Wildman–Crippen MR) is 114 cm³/mol. The minimum atomic E-state index is -3.93. The number of sulfonamides is 1. The fraction of sp³-hybridized carbons (Fsp3) is 0.150. The molecule has 0 radical (unpaired) electrons. The number of para-hydroxylation sites is 1. The second-order valence-corrected chi connectivity index (χ2v) is 8.36. The first-order valence-corrected chi connectivity index (χ1v) is 10.7. The normalized spacial score (nSPS) is 11.6. The van der Waals surface area contributed by atoms with E-state index in [1.807, 2.05) is 0 Å². The molecule has 2 aromatic heterocycles. The van der Waals surface area contributed by atoms with E-state index in [2.05, 4.69) is 25.5 Å². The Labute approximate surface area is 177 Å². The molecular weight excluding hydrogens is 423 g/mol. The standard InChI is InChI=1S/C20H19FN6O3S/c1-11-16(14-7-4-8-15(17(14)24-11)31(22,28)29)18-25-19(20(30-2)27-26-18)23-10-12-5-3-6-13(21)9-12/h3-9,24H,10H2,1-2H3,(H2,22,28,29)(H,23,25,26). The van der Waals surface area contributed by atoms with E-state index in [0.717, 1.165) is 0 Å². The molecular formula is C20H19FN6O3S. The average Bonchev–Trinajstić information content (AvgIpc) is 3.07. The number of nitrogens with one attached hydrogen (secondary N) is 2. The van der Waals surface area contributed by atoms with Gasteiger partial charge in [-0.1, -0.05) is 24.3 Å². The number of hydrogen-bond acceptors (Lipinski definition) is 7. The Morgan fingerprint density at radius 3 is 2.68 bits per heavy atom. The maximum atomic E-state index is 13.5. The van der Waals surface area contributed by atoms with Gasteiger partial charge in [0.25, 0.3) is 5.88 Å². The highest BCUT2D eigenvalue weighted by Crippen LogP contribution is 2.34. The van der Waals surface area contributed by atoms with Crippen LogP contribution in [-0.2, 0) is 16.6 Å². The zero-order valence-corrected chi connectivity index (χ0v) is 17.5. The molecule has 0 bridgehead atoms. The molecule has 0 unspecified atom stereocenters. The molecule has 0 aliphatic heterocycles. The summed E-state index contributed by atoms with van der Waals surface area (Å²) in [6.07, 6.45) is 0. The third kappa shape index (κ3) is 4.05. The van der Waals surface area contributed by atoms with E-state index in [0.29, 0.717) is 33.5 Å². The van der Waals surface area contributed by atoms with Crippen molar-refractivity contribution in [2.24, 2.45) is 5.14 Å². The SMILES string of the molecule is COc1nnc(-c2c(C)[nH]c3c(S(N)(=O)=O)cccc23)nc1NCc1cccc(F)c1. The number of aryl methyl sites for hydroxylation is 1. The molecule has 0 saturated heterocycles. The van der Waals surface area contributed by atoms with Crippen molar-refractivity contribution < 1.29 is 17.5 Å². The number of methoxy groups -OCH3 is 1. The molecule has 0 atom stereocenters. The van der Waals surface area contributed by atoms with E-state index in [9.17, 15) is 12.8 Å². The highest BCUT2D eigenvalue weighted by Gasteiger charge is 2.21. The molecule has 9 nitrogen and oxygen atoms in total. The number of fused-ring (bicyclic) bond motifs is 1. The fourth-order valence-corrected chi connectivity index (χ4v) is 4.07. The topological polar surface area (TPSA) is 136 Å². The lowest BCUT2D eigenvalue weighted by Gasteiger charge is -2.10. The van der Waals surface area contributed by atoms with Crippen LogP contribution in [0.15, 0.2) is 47.4 Å². The largest absolute Gasteiger partial charge is 0.477 e. The number of primary sulfonamides is 1. The Kier molecular flexibility index (Phi) is 5.29. The van der Waals surface area contributed by atoms with Crippen molar-refractivity contribution in [1.82, 2.24) is 20.2 Å². The lowest BCUT2D eigenvalue weighted by atomic mass is 10.1. The van der Waals surface area contributed by atoms with Crippen molar-refractivity contribution in [2.45, 2.75) is 18.4 Å². The molecule has 0 saturated carbocycles. The number of halogens is 1. The second kappa shape index (κ2) is 7.93. The van der Waals surface area contributed by atoms with Crippen LogP contribution in [0.4, 0.5) is 10.2 Å². The molecule has 160 valence electrons. The Hall–Kier alpha value is -3.57. The summed E-state index contributed by atoms with van der Waals surface area (Å²) in [5, 5.41) is 17.2. The van der Waals surface area contributed by atoms with Crippen LogP contribution in [0.25, 0.3) is 22.3 Å². The number of aromatic amines is 1. The first-order valence-electron chi connectivity index (χ1n) is 9.19. The fourth-order valence-electron chi connectivity index (χ4n) is 3.35. The van der Waals surface area contributed by atoms with Crippen molar-refractivity contribution >= 4 is 26.7 Å². The monoisotopic (exact) mass is 442 g/mol. The number of hydrogen-bond donors (Lipinski definition) is 3. The van der Waals surface area contributed by atoms with Gasteiger partial charge in [0, 0.05) is 23.2 Å². The Morgan fingerprint density at radius 2 is 1.97 bits per heavy atom. The molecule has 2 aromatic carbocycles. The van der Waals surface area contributed by atoms with Crippen molar-refractivity contribution in [3.05, 3.63) is 59.5 Å². The lowest BCUT2D eigenvalue weighted by Crippen LogP contribution is -2.12. The average molecular weight is 442 g/mol. The number of aromatic nitrogens is 4. The van der Waals surface area contributed by atoms with Crippen LogP contribution in [0.3, 0.4) is 0 Å². The van der Waals surface area contributed by atoms with Gasteiger partial charge in [0.1, 0.15) is 10.7 Å². The number of rotatable bonds is 6. The highest BCUT2D eigenvalue weighted by molar-refractivity contribution is 7.89. The lowest BCUT2D eigenvalue weighted by molar-refractivity contribution is 0.391. The summed E-state index contributed by atoms with van der Waals surface area (Å²) in [7, 11) is -2.49. The Bertz CT molecular complexity index is 1390. The highest BCUT2D eigenvalue weighted by atomic mass is 32.2. The molecule has 0 spiro atoms. The van der Waals surface area contributed by atoms with Gasteiger partial charge < -0.3 is 15.0 Å². The van der Waals surface area contributed by atoms with Crippen molar-refractivity contribution in [3.8, 4) is 17.3 Å². The maximum Gasteiger partial charge on any atom is 0.276 e. The van der Waals surface area contributed by atoms with E-state index in [1.165, 1.54) is 25.3 Å². The van der Waals surface area contributed by atoms with Gasteiger partial charge in [-0.3, -0.25) is 0 Å². The molecule has 0 fully saturated rings. The molecule has 0 amide bonds. The Morgan fingerprint density at radius 1 is 1.19 bits per heavy atom. The summed E-state index contributed by atoms with van der Waals surface area (Å²) in [6, 6.07) is 10.9. The van der Waals surface area contributed by atoms with Crippen LogP contribution in [0, 0.1) is 12.7 Å². The van der Waals surface area contributed by atoms with Crippen LogP contribution in [0.5, 0.6) is 5.88 Å². The summed E-state index contributed by atoms with van der Waals surface area (Å²) in [5.41, 5.74) is 2.31. The van der Waals surface area contributed by atoms with Gasteiger partial charge in [0.2, 0.25) is 10.0 Å². The number of benzene rings is 2. The van der Waals surface area contributed by atoms with Gasteiger partial charge in [-0.25, -0.2) is 22.9 Å². The molecule has 0 aliphatic carbocycles. The third-order valence-electron chi connectivity index (χ3n) is 4.71. The van der Waals surface area contributed by atoms with Crippen LogP contribution in [0.1, 0.15) is 11.3 Å². The zero-order valence-electron chi connectivity index (χ0n) is 16.7. The Balaban J connectivity index is 1.78. The van der Waals surface area contributed by atoms with E-state index in [4.69, 9.17) is 9.88 Å². The van der Waals surface area contributed by atoms with Crippen LogP contribution >= 0.6 is 0 Å². The molecule has 4 aromatic rings. The summed E-state index contributed by atoms with van der Waals surface area (Å²) in [4.78, 5) is 7.55. The minimum absolute atomic E-state index is 0.0229. The van der Waals surface area contributed by atoms with Gasteiger partial charge in [-0.15, -0.1) is 10.2 Å². The number of anilines is 1. The number of H-pyrrole nitrogens is 1. The van der Waals surface area contributed by atoms with Gasteiger partial charge in [0.05, 0.1) is 12.6 Å². The third-order valence-corrected chi connectivity index (χ3v) is 5.66. The van der Waals surface area contributed by atoms with E-state index < -0.39 is 10.0 Å². The van der Waals surface area contributed by atoms with E-state index >= 15 is 0 Å². The minimum Gasteiger partial charge on any atom is -0.477 e. The van der Waals surface area contributed by atoms with Gasteiger partial charge >= 0.3 is 0 Å². The van der Waals surface area contributed by atoms with Crippen molar-refractivity contribution in [2.75, 3.05) is 12.4 Å². The van der Waals surface area contributed by atoms with Crippen LogP contribution in [-0.4, -0.2) is 35.7 Å². The van der Waals surface area contributed by atoms with E-state index in [-0.39, 0.29) is 29.0 Å².